The second-order valence-corrected chi connectivity index (χ2v) is 5.94. The third-order valence-electron chi connectivity index (χ3n) is 3.78. The molecule has 4 aromatic rings. The highest BCUT2D eigenvalue weighted by Gasteiger charge is 2.13. The molecule has 0 amide bonds. The molecule has 0 saturated heterocycles. The SMILES string of the molecule is Clc1nc(NCc2ccco2)c2nc(OCCc3ccccc3)[nH]c2n1. The Morgan fingerprint density at radius 1 is 1.08 bits per heavy atom. The number of furan rings is 1. The lowest BCUT2D eigenvalue weighted by Crippen LogP contribution is -2.03. The second-order valence-electron chi connectivity index (χ2n) is 5.60. The molecule has 0 aliphatic carbocycles. The van der Waals surface area contributed by atoms with E-state index in [1.807, 2.05) is 30.3 Å². The molecule has 1 aromatic carbocycles. The monoisotopic (exact) mass is 369 g/mol. The number of aromatic nitrogens is 4. The maximum Gasteiger partial charge on any atom is 0.295 e. The largest absolute Gasteiger partial charge is 0.467 e. The minimum Gasteiger partial charge on any atom is -0.467 e. The van der Waals surface area contributed by atoms with Crippen molar-refractivity contribution >= 4 is 28.6 Å². The fourth-order valence-corrected chi connectivity index (χ4v) is 2.71. The molecule has 3 heterocycles. The quantitative estimate of drug-likeness (QED) is 0.481. The van der Waals surface area contributed by atoms with Gasteiger partial charge in [-0.25, -0.2) is 0 Å². The van der Waals surface area contributed by atoms with Gasteiger partial charge < -0.3 is 14.5 Å². The molecule has 132 valence electrons. The van der Waals surface area contributed by atoms with E-state index in [4.69, 9.17) is 20.8 Å². The van der Waals surface area contributed by atoms with Crippen LogP contribution in [0.4, 0.5) is 5.82 Å². The molecule has 0 bridgehead atoms. The summed E-state index contributed by atoms with van der Waals surface area (Å²) >= 11 is 6.00. The standard InChI is InChI=1S/C18H16ClN5O2/c19-17-22-15(20-11-13-7-4-9-25-13)14-16(23-17)24-18(21-14)26-10-8-12-5-2-1-3-6-12/h1-7,9H,8,10-11H2,(H2,20,21,22,23,24). The lowest BCUT2D eigenvalue weighted by atomic mass is 10.2. The fourth-order valence-electron chi connectivity index (χ4n) is 2.54. The van der Waals surface area contributed by atoms with Gasteiger partial charge >= 0.3 is 0 Å². The third-order valence-corrected chi connectivity index (χ3v) is 3.95. The van der Waals surface area contributed by atoms with Crippen molar-refractivity contribution in [3.63, 3.8) is 0 Å². The number of rotatable bonds is 7. The molecule has 0 aliphatic heterocycles. The summed E-state index contributed by atoms with van der Waals surface area (Å²) in [6, 6.07) is 14.2. The number of halogens is 1. The summed E-state index contributed by atoms with van der Waals surface area (Å²) in [4.78, 5) is 15.8. The van der Waals surface area contributed by atoms with Gasteiger partial charge in [-0.3, -0.25) is 4.98 Å². The Hall–Kier alpha value is -3.06. The minimum atomic E-state index is 0.124. The highest BCUT2D eigenvalue weighted by molar-refractivity contribution is 6.28. The van der Waals surface area contributed by atoms with Crippen LogP contribution in [0, 0.1) is 0 Å². The average Bonchev–Trinajstić information content (AvgIpc) is 3.30. The highest BCUT2D eigenvalue weighted by Crippen LogP contribution is 2.23. The summed E-state index contributed by atoms with van der Waals surface area (Å²) in [5.41, 5.74) is 2.28. The molecule has 7 nitrogen and oxygen atoms in total. The van der Waals surface area contributed by atoms with Gasteiger partial charge in [0.2, 0.25) is 5.28 Å². The predicted molar refractivity (Wildman–Crippen MR) is 98.4 cm³/mol. The summed E-state index contributed by atoms with van der Waals surface area (Å²) in [7, 11) is 0. The van der Waals surface area contributed by atoms with Gasteiger partial charge in [0.25, 0.3) is 6.01 Å². The summed E-state index contributed by atoms with van der Waals surface area (Å²) in [6.45, 7) is 0.965. The number of hydrogen-bond donors (Lipinski definition) is 2. The molecule has 2 N–H and O–H groups in total. The number of hydrogen-bond acceptors (Lipinski definition) is 6. The van der Waals surface area contributed by atoms with E-state index in [0.29, 0.717) is 36.1 Å². The van der Waals surface area contributed by atoms with Crippen molar-refractivity contribution in [1.82, 2.24) is 19.9 Å². The Kier molecular flexibility index (Phi) is 4.70. The first-order valence-electron chi connectivity index (χ1n) is 8.14. The molecule has 0 fully saturated rings. The predicted octanol–water partition coefficient (Wildman–Crippen LogP) is 3.83. The van der Waals surface area contributed by atoms with Crippen molar-refractivity contribution in [2.75, 3.05) is 11.9 Å². The van der Waals surface area contributed by atoms with Crippen LogP contribution in [0.1, 0.15) is 11.3 Å². The van der Waals surface area contributed by atoms with Crippen molar-refractivity contribution in [3.05, 3.63) is 65.3 Å². The number of imidazole rings is 1. The van der Waals surface area contributed by atoms with Crippen LogP contribution in [0.5, 0.6) is 6.01 Å². The minimum absolute atomic E-state index is 0.124. The number of aromatic amines is 1. The topological polar surface area (TPSA) is 88.9 Å². The van der Waals surface area contributed by atoms with Crippen LogP contribution in [0.25, 0.3) is 11.2 Å². The molecule has 0 aliphatic rings. The van der Waals surface area contributed by atoms with Crippen LogP contribution in [-0.4, -0.2) is 26.5 Å². The second kappa shape index (κ2) is 7.45. The number of fused-ring (bicyclic) bond motifs is 1. The van der Waals surface area contributed by atoms with Gasteiger partial charge in [-0.15, -0.1) is 0 Å². The van der Waals surface area contributed by atoms with E-state index in [2.05, 4.69) is 37.4 Å². The lowest BCUT2D eigenvalue weighted by Gasteiger charge is -2.04. The van der Waals surface area contributed by atoms with Crippen LogP contribution in [0.15, 0.2) is 53.1 Å². The zero-order valence-corrected chi connectivity index (χ0v) is 14.5. The Labute approximate surface area is 154 Å². The molecule has 0 atom stereocenters. The maximum atomic E-state index is 6.00. The summed E-state index contributed by atoms with van der Waals surface area (Å²) in [6.07, 6.45) is 2.40. The van der Waals surface area contributed by atoms with E-state index in [9.17, 15) is 0 Å². The number of nitrogens with one attached hydrogen (secondary N) is 2. The number of H-pyrrole nitrogens is 1. The van der Waals surface area contributed by atoms with Gasteiger partial charge in [0.1, 0.15) is 5.76 Å². The number of benzene rings is 1. The maximum absolute atomic E-state index is 6.00. The van der Waals surface area contributed by atoms with Crippen molar-refractivity contribution in [1.29, 1.82) is 0 Å². The molecule has 26 heavy (non-hydrogen) atoms. The van der Waals surface area contributed by atoms with Gasteiger partial charge in [0, 0.05) is 6.42 Å². The van der Waals surface area contributed by atoms with E-state index in [-0.39, 0.29) is 5.28 Å². The van der Waals surface area contributed by atoms with Crippen LogP contribution in [0.2, 0.25) is 5.28 Å². The molecule has 4 rings (SSSR count). The summed E-state index contributed by atoms with van der Waals surface area (Å²) in [5, 5.41) is 3.28. The van der Waals surface area contributed by atoms with Crippen LogP contribution < -0.4 is 10.1 Å². The lowest BCUT2D eigenvalue weighted by molar-refractivity contribution is 0.300. The summed E-state index contributed by atoms with van der Waals surface area (Å²) < 4.78 is 11.0. The number of anilines is 1. The molecule has 0 saturated carbocycles. The molecule has 3 aromatic heterocycles. The normalized spacial score (nSPS) is 11.0. The molecular formula is C18H16ClN5O2. The molecule has 0 unspecified atom stereocenters. The Balaban J connectivity index is 1.47. The first-order chi connectivity index (χ1) is 12.8. The zero-order chi connectivity index (χ0) is 17.8. The van der Waals surface area contributed by atoms with Crippen molar-refractivity contribution in [2.24, 2.45) is 0 Å². The van der Waals surface area contributed by atoms with E-state index in [1.165, 1.54) is 5.56 Å². The first-order valence-corrected chi connectivity index (χ1v) is 8.52. The van der Waals surface area contributed by atoms with E-state index >= 15 is 0 Å². The Morgan fingerprint density at radius 2 is 1.96 bits per heavy atom. The molecule has 0 spiro atoms. The van der Waals surface area contributed by atoms with Crippen molar-refractivity contribution < 1.29 is 9.15 Å². The Morgan fingerprint density at radius 3 is 2.77 bits per heavy atom. The van der Waals surface area contributed by atoms with Crippen molar-refractivity contribution in [3.8, 4) is 6.01 Å². The molecular weight excluding hydrogens is 354 g/mol. The van der Waals surface area contributed by atoms with Gasteiger partial charge in [-0.05, 0) is 29.3 Å². The number of nitrogens with zero attached hydrogens (tertiary/aromatic N) is 3. The smallest absolute Gasteiger partial charge is 0.295 e. The third kappa shape index (κ3) is 3.78. The fraction of sp³-hybridized carbons (Fsp3) is 0.167. The summed E-state index contributed by atoms with van der Waals surface area (Å²) in [5.74, 6) is 1.30. The van der Waals surface area contributed by atoms with Crippen LogP contribution in [-0.2, 0) is 13.0 Å². The average molecular weight is 370 g/mol. The molecule has 8 heteroatoms. The highest BCUT2D eigenvalue weighted by atomic mass is 35.5. The molecule has 0 radical (unpaired) electrons. The van der Waals surface area contributed by atoms with Gasteiger partial charge in [0.05, 0.1) is 19.4 Å². The van der Waals surface area contributed by atoms with E-state index in [0.717, 1.165) is 12.2 Å². The number of ether oxygens (including phenoxy) is 1. The first kappa shape index (κ1) is 16.4. The van der Waals surface area contributed by atoms with Crippen LogP contribution >= 0.6 is 11.6 Å². The van der Waals surface area contributed by atoms with Crippen LogP contribution in [0.3, 0.4) is 0 Å². The van der Waals surface area contributed by atoms with Gasteiger partial charge in [0.15, 0.2) is 17.0 Å². The van der Waals surface area contributed by atoms with E-state index in [1.54, 1.807) is 6.26 Å². The van der Waals surface area contributed by atoms with Gasteiger partial charge in [-0.2, -0.15) is 15.0 Å². The zero-order valence-electron chi connectivity index (χ0n) is 13.8. The van der Waals surface area contributed by atoms with Gasteiger partial charge in [-0.1, -0.05) is 30.3 Å². The van der Waals surface area contributed by atoms with E-state index < -0.39 is 0 Å². The Bertz CT molecular complexity index is 986. The van der Waals surface area contributed by atoms with Crippen molar-refractivity contribution in [2.45, 2.75) is 13.0 Å².